The standard InChI is InChI=1S/C12H19Cl/c1-2-11-4-9-3-10(5-11)7-12(13,6-9)8-11/h9-10H,2-8H2,1H3. The van der Waals surface area contributed by atoms with Gasteiger partial charge >= 0.3 is 0 Å². The Hall–Kier alpha value is 0.290. The lowest BCUT2D eigenvalue weighted by atomic mass is 9.48. The van der Waals surface area contributed by atoms with Crippen LogP contribution >= 0.6 is 11.6 Å². The maximum Gasteiger partial charge on any atom is 0.0457 e. The zero-order chi connectivity index (χ0) is 9.10. The number of alkyl halides is 1. The molecule has 2 unspecified atom stereocenters. The third-order valence-electron chi connectivity index (χ3n) is 4.86. The fraction of sp³-hybridized carbons (Fsp3) is 1.00. The van der Waals surface area contributed by atoms with E-state index in [2.05, 4.69) is 6.92 Å². The van der Waals surface area contributed by atoms with E-state index in [1.54, 1.807) is 0 Å². The predicted octanol–water partition coefficient (Wildman–Crippen LogP) is 3.97. The molecule has 4 fully saturated rings. The molecule has 74 valence electrons. The maximum absolute atomic E-state index is 6.70. The third-order valence-corrected chi connectivity index (χ3v) is 5.30. The summed E-state index contributed by atoms with van der Waals surface area (Å²) in [6, 6.07) is 0. The molecule has 13 heavy (non-hydrogen) atoms. The molecule has 0 aliphatic heterocycles. The Morgan fingerprint density at radius 1 is 1.15 bits per heavy atom. The van der Waals surface area contributed by atoms with Crippen molar-refractivity contribution >= 4 is 11.6 Å². The summed E-state index contributed by atoms with van der Waals surface area (Å²) >= 11 is 6.70. The van der Waals surface area contributed by atoms with E-state index >= 15 is 0 Å². The number of hydrogen-bond acceptors (Lipinski definition) is 0. The molecule has 0 saturated heterocycles. The van der Waals surface area contributed by atoms with Crippen LogP contribution in [0.3, 0.4) is 0 Å². The lowest BCUT2D eigenvalue weighted by Gasteiger charge is -2.60. The average Bonchev–Trinajstić information content (AvgIpc) is 1.99. The van der Waals surface area contributed by atoms with Crippen molar-refractivity contribution in [2.45, 2.75) is 56.7 Å². The Morgan fingerprint density at radius 2 is 1.77 bits per heavy atom. The van der Waals surface area contributed by atoms with E-state index in [1.807, 2.05) is 0 Å². The van der Waals surface area contributed by atoms with Crippen molar-refractivity contribution in [3.63, 3.8) is 0 Å². The van der Waals surface area contributed by atoms with Gasteiger partial charge in [0.2, 0.25) is 0 Å². The summed E-state index contributed by atoms with van der Waals surface area (Å²) in [5.74, 6) is 1.97. The zero-order valence-electron chi connectivity index (χ0n) is 8.48. The second-order valence-electron chi connectivity index (χ2n) is 5.97. The summed E-state index contributed by atoms with van der Waals surface area (Å²) in [5.41, 5.74) is 0.672. The summed E-state index contributed by atoms with van der Waals surface area (Å²) in [6.07, 6.45) is 9.83. The van der Waals surface area contributed by atoms with E-state index in [4.69, 9.17) is 11.6 Å². The van der Waals surface area contributed by atoms with Gasteiger partial charge in [-0.15, -0.1) is 11.6 Å². The second-order valence-corrected chi connectivity index (χ2v) is 6.77. The normalized spacial score (nSPS) is 58.6. The van der Waals surface area contributed by atoms with E-state index in [0.717, 1.165) is 11.8 Å². The summed E-state index contributed by atoms with van der Waals surface area (Å²) in [7, 11) is 0. The molecule has 0 nitrogen and oxygen atoms in total. The fourth-order valence-electron chi connectivity index (χ4n) is 4.75. The molecule has 2 atom stereocenters. The second kappa shape index (κ2) is 2.45. The first-order valence-electron chi connectivity index (χ1n) is 5.82. The fourth-order valence-corrected chi connectivity index (χ4v) is 5.47. The van der Waals surface area contributed by atoms with E-state index in [-0.39, 0.29) is 4.87 Å². The smallest absolute Gasteiger partial charge is 0.0457 e. The zero-order valence-corrected chi connectivity index (χ0v) is 9.24. The Bertz CT molecular complexity index is 219. The van der Waals surface area contributed by atoms with Gasteiger partial charge in [0.1, 0.15) is 0 Å². The molecule has 4 aliphatic rings. The van der Waals surface area contributed by atoms with Gasteiger partial charge in [0, 0.05) is 4.87 Å². The van der Waals surface area contributed by atoms with Crippen LogP contribution in [0.2, 0.25) is 0 Å². The van der Waals surface area contributed by atoms with Crippen molar-refractivity contribution in [3.8, 4) is 0 Å². The van der Waals surface area contributed by atoms with Crippen molar-refractivity contribution < 1.29 is 0 Å². The molecule has 0 aromatic carbocycles. The van der Waals surface area contributed by atoms with Crippen molar-refractivity contribution in [1.29, 1.82) is 0 Å². The summed E-state index contributed by atoms with van der Waals surface area (Å²) in [6.45, 7) is 2.37. The molecule has 4 saturated carbocycles. The number of halogens is 1. The van der Waals surface area contributed by atoms with Gasteiger partial charge in [0.05, 0.1) is 0 Å². The van der Waals surface area contributed by atoms with Crippen LogP contribution in [0, 0.1) is 17.3 Å². The molecule has 0 spiro atoms. The maximum atomic E-state index is 6.70. The lowest BCUT2D eigenvalue weighted by molar-refractivity contribution is -0.0420. The largest absolute Gasteiger partial charge is 0.119 e. The van der Waals surface area contributed by atoms with Crippen LogP contribution in [0.4, 0.5) is 0 Å². The van der Waals surface area contributed by atoms with Gasteiger partial charge in [-0.05, 0) is 55.8 Å². The number of rotatable bonds is 1. The van der Waals surface area contributed by atoms with Crippen LogP contribution in [0.1, 0.15) is 51.9 Å². The Balaban J connectivity index is 1.95. The topological polar surface area (TPSA) is 0 Å². The van der Waals surface area contributed by atoms with Crippen LogP contribution in [0.15, 0.2) is 0 Å². The van der Waals surface area contributed by atoms with Crippen LogP contribution in [0.5, 0.6) is 0 Å². The van der Waals surface area contributed by atoms with Gasteiger partial charge in [-0.2, -0.15) is 0 Å². The first-order chi connectivity index (χ1) is 6.13. The highest BCUT2D eigenvalue weighted by Crippen LogP contribution is 2.64. The van der Waals surface area contributed by atoms with Gasteiger partial charge in [0.15, 0.2) is 0 Å². The van der Waals surface area contributed by atoms with E-state index in [0.29, 0.717) is 5.41 Å². The Morgan fingerprint density at radius 3 is 2.23 bits per heavy atom. The van der Waals surface area contributed by atoms with Crippen molar-refractivity contribution in [2.24, 2.45) is 17.3 Å². The van der Waals surface area contributed by atoms with Crippen LogP contribution in [0.25, 0.3) is 0 Å². The molecule has 0 aromatic rings. The highest BCUT2D eigenvalue weighted by atomic mass is 35.5. The van der Waals surface area contributed by atoms with Gasteiger partial charge in [-0.1, -0.05) is 13.3 Å². The summed E-state index contributed by atoms with van der Waals surface area (Å²) in [4.78, 5) is 0.236. The molecule has 0 amide bonds. The summed E-state index contributed by atoms with van der Waals surface area (Å²) in [5, 5.41) is 0. The molecule has 4 rings (SSSR count). The van der Waals surface area contributed by atoms with Gasteiger partial charge in [-0.25, -0.2) is 0 Å². The first kappa shape index (κ1) is 8.59. The predicted molar refractivity (Wildman–Crippen MR) is 56.0 cm³/mol. The van der Waals surface area contributed by atoms with E-state index < -0.39 is 0 Å². The van der Waals surface area contributed by atoms with Crippen LogP contribution in [-0.2, 0) is 0 Å². The minimum Gasteiger partial charge on any atom is -0.119 e. The Labute approximate surface area is 86.0 Å². The molecule has 0 N–H and O–H groups in total. The molecule has 0 aromatic heterocycles. The first-order valence-corrected chi connectivity index (χ1v) is 6.20. The van der Waals surface area contributed by atoms with E-state index in [9.17, 15) is 0 Å². The van der Waals surface area contributed by atoms with Crippen molar-refractivity contribution in [3.05, 3.63) is 0 Å². The minimum absolute atomic E-state index is 0.236. The SMILES string of the molecule is CCC12CC3CC(CC(Cl)(C3)C1)C2. The quantitative estimate of drug-likeness (QED) is 0.560. The molecule has 0 heterocycles. The molecule has 4 bridgehead atoms. The lowest BCUT2D eigenvalue weighted by Crippen LogP contribution is -2.52. The van der Waals surface area contributed by atoms with Crippen LogP contribution in [-0.4, -0.2) is 4.87 Å². The van der Waals surface area contributed by atoms with Gasteiger partial charge in [0.25, 0.3) is 0 Å². The molecule has 1 heteroatoms. The van der Waals surface area contributed by atoms with Crippen molar-refractivity contribution in [2.75, 3.05) is 0 Å². The molecule has 4 aliphatic carbocycles. The molecule has 0 radical (unpaired) electrons. The van der Waals surface area contributed by atoms with Gasteiger partial charge < -0.3 is 0 Å². The molecular formula is C12H19Cl. The monoisotopic (exact) mass is 198 g/mol. The Kier molecular flexibility index (Phi) is 1.62. The van der Waals surface area contributed by atoms with Crippen molar-refractivity contribution in [1.82, 2.24) is 0 Å². The number of hydrogen-bond donors (Lipinski definition) is 0. The highest BCUT2D eigenvalue weighted by molar-refractivity contribution is 6.24. The minimum atomic E-state index is 0.236. The highest BCUT2D eigenvalue weighted by Gasteiger charge is 2.56. The van der Waals surface area contributed by atoms with Crippen LogP contribution < -0.4 is 0 Å². The average molecular weight is 199 g/mol. The molecular weight excluding hydrogens is 180 g/mol. The third kappa shape index (κ3) is 1.17. The van der Waals surface area contributed by atoms with E-state index in [1.165, 1.54) is 44.9 Å². The summed E-state index contributed by atoms with van der Waals surface area (Å²) < 4.78 is 0. The van der Waals surface area contributed by atoms with Gasteiger partial charge in [-0.3, -0.25) is 0 Å².